The Balaban J connectivity index is 2.06. The van der Waals surface area contributed by atoms with Gasteiger partial charge in [0.25, 0.3) is 0 Å². The van der Waals surface area contributed by atoms with Crippen LogP contribution in [0.2, 0.25) is 0 Å². The fraction of sp³-hybridized carbons (Fsp3) is 0.533. The zero-order valence-corrected chi connectivity index (χ0v) is 11.7. The molecule has 110 valence electrons. The Morgan fingerprint density at radius 3 is 2.70 bits per heavy atom. The monoisotopic (exact) mass is 279 g/mol. The highest BCUT2D eigenvalue weighted by Crippen LogP contribution is 2.26. The van der Waals surface area contributed by atoms with Crippen molar-refractivity contribution in [2.24, 2.45) is 0 Å². The van der Waals surface area contributed by atoms with Crippen molar-refractivity contribution in [1.29, 1.82) is 0 Å². The van der Waals surface area contributed by atoms with Crippen molar-refractivity contribution < 1.29 is 19.7 Å². The fourth-order valence-corrected chi connectivity index (χ4v) is 2.57. The molecule has 0 atom stereocenters. The number of nitrogens with zero attached hydrogens (tertiary/aromatic N) is 1. The first kappa shape index (κ1) is 14.8. The summed E-state index contributed by atoms with van der Waals surface area (Å²) in [4.78, 5) is 13.4. The highest BCUT2D eigenvalue weighted by molar-refractivity contribution is 5.94. The molecule has 1 saturated heterocycles. The van der Waals surface area contributed by atoms with Crippen LogP contribution in [0.5, 0.6) is 0 Å². The van der Waals surface area contributed by atoms with Gasteiger partial charge in [-0.25, -0.2) is 4.79 Å². The Morgan fingerprint density at radius 1 is 1.40 bits per heavy atom. The van der Waals surface area contributed by atoms with Gasteiger partial charge in [0.05, 0.1) is 30.6 Å². The summed E-state index contributed by atoms with van der Waals surface area (Å²) >= 11 is 0. The van der Waals surface area contributed by atoms with Gasteiger partial charge in [0.15, 0.2) is 0 Å². The number of hydrogen-bond acceptors (Lipinski definition) is 4. The molecular formula is C15H21NO4. The molecule has 1 aromatic rings. The molecule has 0 radical (unpaired) electrons. The van der Waals surface area contributed by atoms with E-state index in [9.17, 15) is 9.90 Å². The molecule has 1 aliphatic heterocycles. The summed E-state index contributed by atoms with van der Waals surface area (Å²) in [5.41, 5.74) is 2.20. The molecule has 0 spiro atoms. The summed E-state index contributed by atoms with van der Waals surface area (Å²) in [5, 5.41) is 18.0. The van der Waals surface area contributed by atoms with E-state index in [0.717, 1.165) is 37.2 Å². The summed E-state index contributed by atoms with van der Waals surface area (Å²) in [6, 6.07) is 5.42. The summed E-state index contributed by atoms with van der Waals surface area (Å²) < 4.78 is 5.52. The van der Waals surface area contributed by atoms with Gasteiger partial charge >= 0.3 is 5.97 Å². The number of ether oxygens (including phenoxy) is 1. The molecule has 20 heavy (non-hydrogen) atoms. The van der Waals surface area contributed by atoms with E-state index in [4.69, 9.17) is 9.84 Å². The first-order valence-corrected chi connectivity index (χ1v) is 6.93. The molecule has 5 nitrogen and oxygen atoms in total. The van der Waals surface area contributed by atoms with Gasteiger partial charge in [0.2, 0.25) is 0 Å². The molecule has 0 saturated carbocycles. The molecule has 5 heteroatoms. The van der Waals surface area contributed by atoms with Gasteiger partial charge in [0.1, 0.15) is 0 Å². The van der Waals surface area contributed by atoms with Crippen LogP contribution in [0.1, 0.15) is 28.8 Å². The minimum atomic E-state index is -0.890. The highest BCUT2D eigenvalue weighted by Gasteiger charge is 2.23. The number of anilines is 1. The van der Waals surface area contributed by atoms with Crippen LogP contribution in [-0.2, 0) is 4.74 Å². The number of rotatable bonds is 5. The third-order valence-corrected chi connectivity index (χ3v) is 3.61. The van der Waals surface area contributed by atoms with Crippen LogP contribution in [-0.4, -0.2) is 48.6 Å². The maximum absolute atomic E-state index is 11.3. The Morgan fingerprint density at radius 2 is 2.10 bits per heavy atom. The number of carboxylic acid groups (broad SMARTS) is 1. The quantitative estimate of drug-likeness (QED) is 0.858. The molecule has 1 fully saturated rings. The van der Waals surface area contributed by atoms with E-state index in [1.54, 1.807) is 6.07 Å². The van der Waals surface area contributed by atoms with Crippen LogP contribution in [0.4, 0.5) is 5.69 Å². The van der Waals surface area contributed by atoms with E-state index in [1.165, 1.54) is 0 Å². The predicted molar refractivity (Wildman–Crippen MR) is 76.4 cm³/mol. The van der Waals surface area contributed by atoms with Crippen LogP contribution in [0.15, 0.2) is 18.2 Å². The number of aliphatic hydroxyl groups is 1. The minimum absolute atomic E-state index is 0.0429. The average Bonchev–Trinajstić information content (AvgIpc) is 2.45. The second-order valence-electron chi connectivity index (χ2n) is 5.11. The summed E-state index contributed by atoms with van der Waals surface area (Å²) in [6.45, 7) is 3.93. The number of aromatic carboxylic acids is 1. The lowest BCUT2D eigenvalue weighted by atomic mass is 10.0. The number of carbonyl (C=O) groups is 1. The van der Waals surface area contributed by atoms with Crippen LogP contribution in [0, 0.1) is 6.92 Å². The van der Waals surface area contributed by atoms with Crippen molar-refractivity contribution in [1.82, 2.24) is 0 Å². The van der Waals surface area contributed by atoms with Crippen molar-refractivity contribution >= 4 is 11.7 Å². The van der Waals surface area contributed by atoms with Crippen LogP contribution in [0.25, 0.3) is 0 Å². The molecule has 2 rings (SSSR count). The molecule has 2 N–H and O–H groups in total. The third-order valence-electron chi connectivity index (χ3n) is 3.61. The van der Waals surface area contributed by atoms with Crippen molar-refractivity contribution in [3.8, 4) is 0 Å². The van der Waals surface area contributed by atoms with E-state index in [2.05, 4.69) is 4.90 Å². The Hall–Kier alpha value is -1.59. The first-order valence-electron chi connectivity index (χ1n) is 6.93. The van der Waals surface area contributed by atoms with Gasteiger partial charge in [-0.1, -0.05) is 6.07 Å². The van der Waals surface area contributed by atoms with Crippen molar-refractivity contribution in [2.45, 2.75) is 25.9 Å². The normalized spacial score (nSPS) is 16.4. The zero-order valence-electron chi connectivity index (χ0n) is 11.7. The lowest BCUT2D eigenvalue weighted by Crippen LogP contribution is -2.38. The summed E-state index contributed by atoms with van der Waals surface area (Å²) in [6.07, 6.45) is 1.87. The number of piperidine rings is 1. The lowest BCUT2D eigenvalue weighted by molar-refractivity contribution is 0.0159. The number of carboxylic acids is 1. The molecule has 0 aromatic heterocycles. The second kappa shape index (κ2) is 6.72. The van der Waals surface area contributed by atoms with E-state index >= 15 is 0 Å². The standard InChI is InChI=1S/C15H21NO4/c1-11-2-3-13(15(18)19)14(10-11)16-6-4-12(5-7-16)20-9-8-17/h2-3,10,12,17H,4-9H2,1H3,(H,18,19). The van der Waals surface area contributed by atoms with Crippen molar-refractivity contribution in [3.63, 3.8) is 0 Å². The first-order chi connectivity index (χ1) is 9.61. The molecule has 1 aromatic carbocycles. The Bertz CT molecular complexity index is 467. The molecule has 1 heterocycles. The molecular weight excluding hydrogens is 258 g/mol. The van der Waals surface area contributed by atoms with Crippen LogP contribution in [0.3, 0.4) is 0 Å². The second-order valence-corrected chi connectivity index (χ2v) is 5.11. The minimum Gasteiger partial charge on any atom is -0.478 e. The summed E-state index contributed by atoms with van der Waals surface area (Å²) in [5.74, 6) is -0.890. The maximum atomic E-state index is 11.3. The van der Waals surface area contributed by atoms with E-state index < -0.39 is 5.97 Å². The average molecular weight is 279 g/mol. The molecule has 0 unspecified atom stereocenters. The van der Waals surface area contributed by atoms with Crippen LogP contribution >= 0.6 is 0 Å². The largest absolute Gasteiger partial charge is 0.478 e. The fourth-order valence-electron chi connectivity index (χ4n) is 2.57. The van der Waals surface area contributed by atoms with Gasteiger partial charge in [-0.3, -0.25) is 0 Å². The summed E-state index contributed by atoms with van der Waals surface area (Å²) in [7, 11) is 0. The third kappa shape index (κ3) is 3.49. The predicted octanol–water partition coefficient (Wildman–Crippen LogP) is 1.67. The zero-order chi connectivity index (χ0) is 14.5. The number of aliphatic hydroxyl groups excluding tert-OH is 1. The van der Waals surface area contributed by atoms with Gasteiger partial charge in [-0.05, 0) is 37.5 Å². The van der Waals surface area contributed by atoms with Crippen molar-refractivity contribution in [2.75, 3.05) is 31.2 Å². The van der Waals surface area contributed by atoms with Gasteiger partial charge < -0.3 is 19.8 Å². The molecule has 0 bridgehead atoms. The number of benzene rings is 1. The molecule has 0 amide bonds. The smallest absolute Gasteiger partial charge is 0.337 e. The SMILES string of the molecule is Cc1ccc(C(=O)O)c(N2CCC(OCCO)CC2)c1. The van der Waals surface area contributed by atoms with Crippen molar-refractivity contribution in [3.05, 3.63) is 29.3 Å². The van der Waals surface area contributed by atoms with Crippen LogP contribution < -0.4 is 4.90 Å². The topological polar surface area (TPSA) is 70.0 Å². The maximum Gasteiger partial charge on any atom is 0.337 e. The van der Waals surface area contributed by atoms with E-state index in [0.29, 0.717) is 12.2 Å². The van der Waals surface area contributed by atoms with E-state index in [1.807, 2.05) is 19.1 Å². The number of aryl methyl sites for hydroxylation is 1. The lowest BCUT2D eigenvalue weighted by Gasteiger charge is -2.34. The molecule has 0 aliphatic carbocycles. The number of hydrogen-bond donors (Lipinski definition) is 2. The van der Waals surface area contributed by atoms with Gasteiger partial charge in [-0.15, -0.1) is 0 Å². The highest BCUT2D eigenvalue weighted by atomic mass is 16.5. The van der Waals surface area contributed by atoms with Gasteiger partial charge in [-0.2, -0.15) is 0 Å². The van der Waals surface area contributed by atoms with Gasteiger partial charge in [0, 0.05) is 13.1 Å². The molecule has 1 aliphatic rings. The van der Waals surface area contributed by atoms with E-state index in [-0.39, 0.29) is 12.7 Å². The Labute approximate surface area is 118 Å². The Kier molecular flexibility index (Phi) is 4.98.